The summed E-state index contributed by atoms with van der Waals surface area (Å²) in [6, 6.07) is 0. The number of guanidine groups is 1. The molecule has 1 aliphatic rings. The number of hydrogen-bond donors (Lipinski definition) is 2. The van der Waals surface area contributed by atoms with E-state index in [2.05, 4.69) is 15.6 Å². The highest BCUT2D eigenvalue weighted by Gasteiger charge is 2.28. The topological polar surface area (TPSA) is 58.1 Å². The number of nitrogens with one attached hydrogen (secondary N) is 2. The first-order valence-electron chi connectivity index (χ1n) is 8.87. The Labute approximate surface area is 171 Å². The fourth-order valence-corrected chi connectivity index (χ4v) is 2.44. The third kappa shape index (κ3) is 13.8. The number of rotatable bonds is 11. The van der Waals surface area contributed by atoms with Crippen LogP contribution in [0.15, 0.2) is 4.99 Å². The molecular formula is C16H32F3IN4O2. The first-order valence-corrected chi connectivity index (χ1v) is 8.87. The summed E-state index contributed by atoms with van der Waals surface area (Å²) in [6.45, 7) is 5.09. The molecule has 1 fully saturated rings. The molecule has 1 saturated heterocycles. The van der Waals surface area contributed by atoms with Crippen molar-refractivity contribution in [3.63, 3.8) is 0 Å². The van der Waals surface area contributed by atoms with Crippen molar-refractivity contribution < 1.29 is 22.6 Å². The van der Waals surface area contributed by atoms with Gasteiger partial charge in [0.2, 0.25) is 0 Å². The quantitative estimate of drug-likeness (QED) is 0.199. The number of ether oxygens (including phenoxy) is 2. The highest BCUT2D eigenvalue weighted by molar-refractivity contribution is 14.0. The van der Waals surface area contributed by atoms with E-state index in [0.29, 0.717) is 38.8 Å². The molecule has 0 aliphatic carbocycles. The van der Waals surface area contributed by atoms with E-state index in [0.717, 1.165) is 25.9 Å². The summed E-state index contributed by atoms with van der Waals surface area (Å²) in [5, 5.41) is 6.12. The van der Waals surface area contributed by atoms with Crippen molar-refractivity contribution in [2.24, 2.45) is 4.99 Å². The van der Waals surface area contributed by atoms with E-state index in [1.807, 2.05) is 6.92 Å². The maximum atomic E-state index is 12.3. The number of hydrogen-bond acceptors (Lipinski definition) is 4. The van der Waals surface area contributed by atoms with Gasteiger partial charge in [-0.3, -0.25) is 9.89 Å². The van der Waals surface area contributed by atoms with Crippen LogP contribution in [0.25, 0.3) is 0 Å². The molecule has 6 nitrogen and oxygen atoms in total. The van der Waals surface area contributed by atoms with Crippen molar-refractivity contribution in [1.82, 2.24) is 15.5 Å². The van der Waals surface area contributed by atoms with Gasteiger partial charge in [0.1, 0.15) is 0 Å². The maximum absolute atomic E-state index is 12.3. The molecule has 0 spiro atoms. The highest BCUT2D eigenvalue weighted by Crippen LogP contribution is 2.15. The molecule has 0 aromatic heterocycles. The minimum atomic E-state index is -4.17. The zero-order chi connectivity index (χ0) is 18.5. The lowest BCUT2D eigenvalue weighted by Crippen LogP contribution is -2.42. The van der Waals surface area contributed by atoms with Gasteiger partial charge in [0.25, 0.3) is 0 Å². The lowest BCUT2D eigenvalue weighted by atomic mass is 10.2. The van der Waals surface area contributed by atoms with E-state index in [4.69, 9.17) is 9.47 Å². The van der Waals surface area contributed by atoms with Crippen LogP contribution >= 0.6 is 24.0 Å². The second kappa shape index (κ2) is 14.7. The lowest BCUT2D eigenvalue weighted by molar-refractivity contribution is -0.142. The normalized spacial score (nSPS) is 18.1. The second-order valence-corrected chi connectivity index (χ2v) is 6.10. The van der Waals surface area contributed by atoms with Crippen LogP contribution in [0.5, 0.6) is 0 Å². The number of alkyl halides is 3. The molecule has 1 unspecified atom stereocenters. The summed E-state index contributed by atoms with van der Waals surface area (Å²) in [5.74, 6) is 0.613. The average molecular weight is 496 g/mol. The Kier molecular flexibility index (Phi) is 14.5. The van der Waals surface area contributed by atoms with E-state index in [9.17, 15) is 13.2 Å². The first-order chi connectivity index (χ1) is 11.9. The van der Waals surface area contributed by atoms with Crippen LogP contribution in [0.1, 0.15) is 26.2 Å². The Balaban J connectivity index is 0.00000625. The predicted octanol–water partition coefficient (Wildman–Crippen LogP) is 2.24. The van der Waals surface area contributed by atoms with Gasteiger partial charge < -0.3 is 20.1 Å². The molecule has 26 heavy (non-hydrogen) atoms. The monoisotopic (exact) mass is 496 g/mol. The van der Waals surface area contributed by atoms with Gasteiger partial charge in [0.15, 0.2) is 5.96 Å². The van der Waals surface area contributed by atoms with Crippen molar-refractivity contribution in [3.8, 4) is 0 Å². The molecule has 1 aliphatic heterocycles. The van der Waals surface area contributed by atoms with Gasteiger partial charge in [0.05, 0.1) is 19.3 Å². The summed E-state index contributed by atoms with van der Waals surface area (Å²) in [7, 11) is 1.45. The molecule has 1 heterocycles. The number of nitrogens with zero attached hydrogens (tertiary/aromatic N) is 2. The minimum absolute atomic E-state index is 0. The van der Waals surface area contributed by atoms with Crippen LogP contribution in [0, 0.1) is 0 Å². The molecule has 156 valence electrons. The molecule has 10 heteroatoms. The minimum Gasteiger partial charge on any atom is -0.379 e. The SMILES string of the molecule is CCNC(=NCCCOCC1CCCO1)NCCN(C)CC(F)(F)F.I. The first kappa shape index (κ1) is 25.7. The molecule has 0 radical (unpaired) electrons. The third-order valence-electron chi connectivity index (χ3n) is 3.62. The van der Waals surface area contributed by atoms with Gasteiger partial charge in [-0.15, -0.1) is 24.0 Å². The van der Waals surface area contributed by atoms with Crippen molar-refractivity contribution >= 4 is 29.9 Å². The second-order valence-electron chi connectivity index (χ2n) is 6.10. The number of likely N-dealkylation sites (N-methyl/N-ethyl adjacent to an activating group) is 1. The number of halogens is 4. The van der Waals surface area contributed by atoms with Crippen molar-refractivity contribution in [2.75, 3.05) is 59.6 Å². The molecular weight excluding hydrogens is 464 g/mol. The molecule has 1 rings (SSSR count). The molecule has 0 aromatic carbocycles. The summed E-state index contributed by atoms with van der Waals surface area (Å²) in [5.41, 5.74) is 0. The molecule has 0 bridgehead atoms. The van der Waals surface area contributed by atoms with Crippen molar-refractivity contribution in [3.05, 3.63) is 0 Å². The van der Waals surface area contributed by atoms with Crippen LogP contribution < -0.4 is 10.6 Å². The summed E-state index contributed by atoms with van der Waals surface area (Å²) < 4.78 is 47.8. The summed E-state index contributed by atoms with van der Waals surface area (Å²) in [4.78, 5) is 5.63. The van der Waals surface area contributed by atoms with Crippen LogP contribution in [0.2, 0.25) is 0 Å². The molecule has 0 amide bonds. The van der Waals surface area contributed by atoms with Gasteiger partial charge in [-0.2, -0.15) is 13.2 Å². The zero-order valence-electron chi connectivity index (χ0n) is 15.6. The summed E-state index contributed by atoms with van der Waals surface area (Å²) >= 11 is 0. The molecule has 0 aromatic rings. The Morgan fingerprint density at radius 2 is 2.12 bits per heavy atom. The van der Waals surface area contributed by atoms with Gasteiger partial charge >= 0.3 is 6.18 Å². The maximum Gasteiger partial charge on any atom is 0.401 e. The highest BCUT2D eigenvalue weighted by atomic mass is 127. The van der Waals surface area contributed by atoms with E-state index >= 15 is 0 Å². The van der Waals surface area contributed by atoms with Crippen LogP contribution in [-0.4, -0.2) is 82.7 Å². The molecule has 2 N–H and O–H groups in total. The van der Waals surface area contributed by atoms with Crippen molar-refractivity contribution in [2.45, 2.75) is 38.5 Å². The standard InChI is InChI=1S/C16H31F3N4O2.HI/c1-3-20-15(22-8-9-23(2)13-16(17,18)19)21-7-5-10-24-12-14-6-4-11-25-14;/h14H,3-13H2,1-2H3,(H2,20,21,22);1H. The van der Waals surface area contributed by atoms with Gasteiger partial charge in [0, 0.05) is 39.4 Å². The lowest BCUT2D eigenvalue weighted by Gasteiger charge is -2.19. The zero-order valence-corrected chi connectivity index (χ0v) is 17.9. The van der Waals surface area contributed by atoms with Crippen LogP contribution in [-0.2, 0) is 9.47 Å². The predicted molar refractivity (Wildman–Crippen MR) is 107 cm³/mol. The average Bonchev–Trinajstić information content (AvgIpc) is 3.02. The fraction of sp³-hybridized carbons (Fsp3) is 0.938. The fourth-order valence-electron chi connectivity index (χ4n) is 2.44. The van der Waals surface area contributed by atoms with E-state index in [1.165, 1.54) is 11.9 Å². The van der Waals surface area contributed by atoms with E-state index < -0.39 is 12.7 Å². The number of aliphatic imine (C=N–C) groups is 1. The Bertz CT molecular complexity index is 381. The van der Waals surface area contributed by atoms with Crippen LogP contribution in [0.4, 0.5) is 13.2 Å². The molecule has 0 saturated carbocycles. The van der Waals surface area contributed by atoms with E-state index in [1.54, 1.807) is 0 Å². The van der Waals surface area contributed by atoms with Crippen molar-refractivity contribution in [1.29, 1.82) is 0 Å². The smallest absolute Gasteiger partial charge is 0.379 e. The van der Waals surface area contributed by atoms with Gasteiger partial charge in [-0.1, -0.05) is 0 Å². The Morgan fingerprint density at radius 3 is 2.73 bits per heavy atom. The van der Waals surface area contributed by atoms with Crippen LogP contribution in [0.3, 0.4) is 0 Å². The largest absolute Gasteiger partial charge is 0.401 e. The van der Waals surface area contributed by atoms with Gasteiger partial charge in [-0.25, -0.2) is 0 Å². The summed E-state index contributed by atoms with van der Waals surface area (Å²) in [6.07, 6.45) is -0.978. The Morgan fingerprint density at radius 1 is 1.35 bits per heavy atom. The molecule has 1 atom stereocenters. The third-order valence-corrected chi connectivity index (χ3v) is 3.62. The van der Waals surface area contributed by atoms with E-state index in [-0.39, 0.29) is 36.6 Å². The Hall–Kier alpha value is -0.330. The van der Waals surface area contributed by atoms with Gasteiger partial charge in [-0.05, 0) is 33.2 Å².